The Hall–Kier alpha value is -2.48. The molecule has 1 N–H and O–H groups in total. The van der Waals surface area contributed by atoms with Gasteiger partial charge < -0.3 is 14.8 Å². The number of carbonyl (C=O) groups is 1. The van der Waals surface area contributed by atoms with Crippen molar-refractivity contribution in [1.29, 1.82) is 0 Å². The number of benzene rings is 1. The number of amides is 1. The number of halogens is 4. The molecule has 0 radical (unpaired) electrons. The summed E-state index contributed by atoms with van der Waals surface area (Å²) in [5.41, 5.74) is -0.444. The summed E-state index contributed by atoms with van der Waals surface area (Å²) in [5.74, 6) is 0.338. The number of rotatable bonds is 5. The van der Waals surface area contributed by atoms with Gasteiger partial charge in [-0.2, -0.15) is 13.2 Å². The number of ether oxygens (including phenoxy) is 2. The van der Waals surface area contributed by atoms with Crippen LogP contribution in [-0.2, 0) is 6.18 Å². The van der Waals surface area contributed by atoms with Crippen LogP contribution in [0.2, 0.25) is 5.02 Å². The van der Waals surface area contributed by atoms with Gasteiger partial charge in [-0.1, -0.05) is 11.6 Å². The van der Waals surface area contributed by atoms with Gasteiger partial charge in [-0.05, 0) is 49.9 Å². The molecule has 9 heteroatoms. The lowest BCUT2D eigenvalue weighted by molar-refractivity contribution is -0.137. The van der Waals surface area contributed by atoms with Gasteiger partial charge in [-0.15, -0.1) is 0 Å². The van der Waals surface area contributed by atoms with Gasteiger partial charge in [0.2, 0.25) is 5.88 Å². The minimum absolute atomic E-state index is 0.0356. The lowest BCUT2D eigenvalue weighted by Gasteiger charge is -2.29. The second-order valence-corrected chi connectivity index (χ2v) is 7.23. The van der Waals surface area contributed by atoms with E-state index < -0.39 is 11.7 Å². The third kappa shape index (κ3) is 5.53. The van der Waals surface area contributed by atoms with Crippen LogP contribution >= 0.6 is 11.6 Å². The fraction of sp³-hybridized carbons (Fsp3) is 0.400. The van der Waals surface area contributed by atoms with Crippen LogP contribution in [0.3, 0.4) is 0 Å². The predicted molar refractivity (Wildman–Crippen MR) is 101 cm³/mol. The van der Waals surface area contributed by atoms with E-state index in [-0.39, 0.29) is 23.9 Å². The Balaban J connectivity index is 1.52. The van der Waals surface area contributed by atoms with Crippen LogP contribution in [0.1, 0.15) is 41.6 Å². The molecule has 1 aromatic carbocycles. The number of aromatic nitrogens is 1. The van der Waals surface area contributed by atoms with Crippen molar-refractivity contribution in [2.24, 2.45) is 0 Å². The zero-order valence-electron chi connectivity index (χ0n) is 15.6. The Kier molecular flexibility index (Phi) is 6.52. The molecule has 1 aliphatic carbocycles. The zero-order chi connectivity index (χ0) is 21.0. The van der Waals surface area contributed by atoms with Gasteiger partial charge in [0.15, 0.2) is 0 Å². The molecule has 156 valence electrons. The smallest absolute Gasteiger partial charge is 0.417 e. The molecule has 1 aliphatic rings. The fourth-order valence-electron chi connectivity index (χ4n) is 3.23. The van der Waals surface area contributed by atoms with Crippen molar-refractivity contribution >= 4 is 17.5 Å². The fourth-order valence-corrected chi connectivity index (χ4v) is 3.41. The van der Waals surface area contributed by atoms with E-state index in [9.17, 15) is 18.0 Å². The first-order valence-corrected chi connectivity index (χ1v) is 9.48. The standard InChI is InChI=1S/C20H20ClF3N2O3/c1-28-17-8-3-13(21)10-16(17)19(27)26-14-4-6-15(7-5-14)29-18-9-2-12(11-25-18)20(22,23)24/h2-3,8-11,14-15H,4-7H2,1H3,(H,26,27). The van der Waals surface area contributed by atoms with Crippen molar-refractivity contribution in [1.82, 2.24) is 10.3 Å². The normalized spacial score (nSPS) is 19.5. The van der Waals surface area contributed by atoms with E-state index >= 15 is 0 Å². The molecule has 1 aromatic heterocycles. The Morgan fingerprint density at radius 1 is 1.17 bits per heavy atom. The minimum atomic E-state index is -4.42. The maximum atomic E-state index is 12.6. The van der Waals surface area contributed by atoms with Crippen LogP contribution in [0.25, 0.3) is 0 Å². The number of nitrogens with zero attached hydrogens (tertiary/aromatic N) is 1. The van der Waals surface area contributed by atoms with Gasteiger partial charge in [0, 0.05) is 23.3 Å². The van der Waals surface area contributed by atoms with Crippen molar-refractivity contribution in [2.75, 3.05) is 7.11 Å². The van der Waals surface area contributed by atoms with E-state index in [4.69, 9.17) is 21.1 Å². The largest absolute Gasteiger partial charge is 0.496 e. The van der Waals surface area contributed by atoms with Crippen molar-refractivity contribution in [3.8, 4) is 11.6 Å². The third-order valence-electron chi connectivity index (χ3n) is 4.77. The average Bonchev–Trinajstić information content (AvgIpc) is 2.69. The number of carbonyl (C=O) groups excluding carboxylic acids is 1. The zero-order valence-corrected chi connectivity index (χ0v) is 16.4. The first-order valence-electron chi connectivity index (χ1n) is 9.10. The molecule has 3 rings (SSSR count). The van der Waals surface area contributed by atoms with E-state index in [1.165, 1.54) is 13.2 Å². The van der Waals surface area contributed by atoms with Gasteiger partial charge in [0.1, 0.15) is 11.9 Å². The monoisotopic (exact) mass is 428 g/mol. The summed E-state index contributed by atoms with van der Waals surface area (Å²) in [5, 5.41) is 3.41. The molecule has 2 aromatic rings. The van der Waals surface area contributed by atoms with Crippen LogP contribution in [0, 0.1) is 0 Å². The molecule has 29 heavy (non-hydrogen) atoms. The summed E-state index contributed by atoms with van der Waals surface area (Å²) in [4.78, 5) is 16.3. The molecule has 1 fully saturated rings. The van der Waals surface area contributed by atoms with E-state index in [0.29, 0.717) is 42.0 Å². The Morgan fingerprint density at radius 3 is 2.48 bits per heavy atom. The van der Waals surface area contributed by atoms with Gasteiger partial charge in [0.25, 0.3) is 5.91 Å². The van der Waals surface area contributed by atoms with Crippen molar-refractivity contribution in [3.63, 3.8) is 0 Å². The molecular formula is C20H20ClF3N2O3. The van der Waals surface area contributed by atoms with Crippen LogP contribution in [0.4, 0.5) is 13.2 Å². The lowest BCUT2D eigenvalue weighted by Crippen LogP contribution is -2.39. The summed E-state index contributed by atoms with van der Waals surface area (Å²) in [6.07, 6.45) is -1.15. The van der Waals surface area contributed by atoms with E-state index in [1.54, 1.807) is 18.2 Å². The first kappa shape index (κ1) is 21.2. The van der Waals surface area contributed by atoms with Crippen LogP contribution in [-0.4, -0.2) is 30.1 Å². The van der Waals surface area contributed by atoms with Gasteiger partial charge in [-0.3, -0.25) is 4.79 Å². The number of methoxy groups -OCH3 is 1. The topological polar surface area (TPSA) is 60.5 Å². The molecule has 0 saturated heterocycles. The van der Waals surface area contributed by atoms with E-state index in [2.05, 4.69) is 10.3 Å². The number of hydrogen-bond donors (Lipinski definition) is 1. The number of pyridine rings is 1. The highest BCUT2D eigenvalue weighted by atomic mass is 35.5. The summed E-state index contributed by atoms with van der Waals surface area (Å²) >= 11 is 5.97. The highest BCUT2D eigenvalue weighted by Crippen LogP contribution is 2.30. The molecule has 1 amide bonds. The number of hydrogen-bond acceptors (Lipinski definition) is 4. The van der Waals surface area contributed by atoms with Crippen LogP contribution in [0.15, 0.2) is 36.5 Å². The first-order chi connectivity index (χ1) is 13.8. The van der Waals surface area contributed by atoms with Gasteiger partial charge in [-0.25, -0.2) is 4.98 Å². The number of alkyl halides is 3. The maximum absolute atomic E-state index is 12.6. The van der Waals surface area contributed by atoms with Gasteiger partial charge in [0.05, 0.1) is 18.2 Å². The Labute approximate surface area is 171 Å². The van der Waals surface area contributed by atoms with Crippen molar-refractivity contribution in [3.05, 3.63) is 52.7 Å². The molecule has 5 nitrogen and oxygen atoms in total. The molecule has 0 unspecified atom stereocenters. The number of nitrogens with one attached hydrogen (secondary N) is 1. The molecule has 0 atom stereocenters. The Bertz CT molecular complexity index is 851. The highest BCUT2D eigenvalue weighted by Gasteiger charge is 2.31. The molecule has 1 saturated carbocycles. The van der Waals surface area contributed by atoms with Crippen LogP contribution < -0.4 is 14.8 Å². The maximum Gasteiger partial charge on any atom is 0.417 e. The summed E-state index contributed by atoms with van der Waals surface area (Å²) in [6, 6.07) is 6.98. The molecule has 0 aliphatic heterocycles. The summed E-state index contributed by atoms with van der Waals surface area (Å²) in [6.45, 7) is 0. The predicted octanol–water partition coefficient (Wildman–Crippen LogP) is 4.88. The van der Waals surface area contributed by atoms with Crippen molar-refractivity contribution in [2.45, 2.75) is 44.0 Å². The summed E-state index contributed by atoms with van der Waals surface area (Å²) < 4.78 is 48.7. The second kappa shape index (κ2) is 8.90. The van der Waals surface area contributed by atoms with Crippen molar-refractivity contribution < 1.29 is 27.4 Å². The average molecular weight is 429 g/mol. The van der Waals surface area contributed by atoms with Gasteiger partial charge >= 0.3 is 6.18 Å². The lowest BCUT2D eigenvalue weighted by atomic mass is 9.92. The van der Waals surface area contributed by atoms with Crippen LogP contribution in [0.5, 0.6) is 11.6 Å². The quantitative estimate of drug-likeness (QED) is 0.737. The third-order valence-corrected chi connectivity index (χ3v) is 5.00. The van der Waals surface area contributed by atoms with E-state index in [1.807, 2.05) is 0 Å². The SMILES string of the molecule is COc1ccc(Cl)cc1C(=O)NC1CCC(Oc2ccc(C(F)(F)F)cn2)CC1. The summed E-state index contributed by atoms with van der Waals surface area (Å²) in [7, 11) is 1.48. The minimum Gasteiger partial charge on any atom is -0.496 e. The molecule has 0 bridgehead atoms. The second-order valence-electron chi connectivity index (χ2n) is 6.79. The molecule has 1 heterocycles. The van der Waals surface area contributed by atoms with E-state index in [0.717, 1.165) is 12.3 Å². The molecular weight excluding hydrogens is 409 g/mol. The Morgan fingerprint density at radius 2 is 1.90 bits per heavy atom. The highest BCUT2D eigenvalue weighted by molar-refractivity contribution is 6.31. The molecule has 0 spiro atoms.